The Morgan fingerprint density at radius 2 is 2.25 bits per heavy atom. The first-order chi connectivity index (χ1) is 7.90. The number of hydrogen-bond donors (Lipinski definition) is 2. The Morgan fingerprint density at radius 1 is 1.31 bits per heavy atom. The lowest BCUT2D eigenvalue weighted by molar-refractivity contribution is 0.739. The topological polar surface area (TPSA) is 24.1 Å². The maximum atomic E-state index is 3.46. The number of likely N-dealkylation sites (N-methyl/N-ethyl adjacent to an activating group) is 1. The Kier molecular flexibility index (Phi) is 4.55. The second-order valence-corrected chi connectivity index (χ2v) is 5.19. The fraction of sp³-hybridized carbons (Fsp3) is 0.538. The summed E-state index contributed by atoms with van der Waals surface area (Å²) >= 11 is 1.99. The quantitative estimate of drug-likeness (QED) is 0.769. The molecule has 1 aliphatic heterocycles. The smallest absolute Gasteiger partial charge is 0.0344 e. The summed E-state index contributed by atoms with van der Waals surface area (Å²) in [5.74, 6) is 1.28. The van der Waals surface area contributed by atoms with Gasteiger partial charge in [-0.1, -0.05) is 6.92 Å². The van der Waals surface area contributed by atoms with E-state index in [2.05, 4.69) is 35.8 Å². The Hall–Kier alpha value is -0.670. The number of fused-ring (bicyclic) bond motifs is 1. The molecule has 0 saturated carbocycles. The van der Waals surface area contributed by atoms with Crippen LogP contribution >= 0.6 is 11.8 Å². The van der Waals surface area contributed by atoms with E-state index in [1.54, 1.807) is 0 Å². The van der Waals surface area contributed by atoms with Crippen molar-refractivity contribution < 1.29 is 0 Å². The molecule has 0 spiro atoms. The lowest BCUT2D eigenvalue weighted by Crippen LogP contribution is -2.21. The van der Waals surface area contributed by atoms with Crippen molar-refractivity contribution in [3.05, 3.63) is 23.8 Å². The first-order valence-corrected chi connectivity index (χ1v) is 7.09. The zero-order chi connectivity index (χ0) is 11.2. The van der Waals surface area contributed by atoms with E-state index < -0.39 is 0 Å². The molecule has 1 heterocycles. The van der Waals surface area contributed by atoms with Gasteiger partial charge < -0.3 is 10.6 Å². The van der Waals surface area contributed by atoms with Crippen LogP contribution < -0.4 is 10.6 Å². The minimum absolute atomic E-state index is 1.000. The van der Waals surface area contributed by atoms with Crippen molar-refractivity contribution in [2.45, 2.75) is 24.7 Å². The molecule has 1 aliphatic rings. The van der Waals surface area contributed by atoms with Gasteiger partial charge in [0.25, 0.3) is 0 Å². The number of nitrogens with one attached hydrogen (secondary N) is 2. The minimum Gasteiger partial charge on any atom is -0.384 e. The molecule has 0 unspecified atom stereocenters. The lowest BCUT2D eigenvalue weighted by Gasteiger charge is -2.16. The summed E-state index contributed by atoms with van der Waals surface area (Å²) in [6.07, 6.45) is 2.56. The third kappa shape index (κ3) is 3.16. The molecule has 0 aromatic heterocycles. The van der Waals surface area contributed by atoms with Gasteiger partial charge >= 0.3 is 0 Å². The fourth-order valence-electron chi connectivity index (χ4n) is 1.94. The molecule has 0 fully saturated rings. The predicted octanol–water partition coefficient (Wildman–Crippen LogP) is 2.75. The van der Waals surface area contributed by atoms with Gasteiger partial charge in [-0.15, -0.1) is 11.8 Å². The molecule has 0 bridgehead atoms. The maximum absolute atomic E-state index is 3.46. The second-order valence-electron chi connectivity index (χ2n) is 4.05. The first-order valence-electron chi connectivity index (χ1n) is 6.10. The maximum Gasteiger partial charge on any atom is 0.0344 e. The number of aryl methyl sites for hydroxylation is 1. The molecular formula is C13H20N2S. The molecule has 0 saturated heterocycles. The Morgan fingerprint density at radius 3 is 3.12 bits per heavy atom. The second kappa shape index (κ2) is 6.16. The zero-order valence-electron chi connectivity index (χ0n) is 9.88. The van der Waals surface area contributed by atoms with Crippen LogP contribution in [0.2, 0.25) is 0 Å². The molecule has 1 aromatic carbocycles. The highest BCUT2D eigenvalue weighted by Crippen LogP contribution is 2.31. The van der Waals surface area contributed by atoms with Crippen molar-refractivity contribution in [3.8, 4) is 0 Å². The van der Waals surface area contributed by atoms with Crippen LogP contribution in [0.25, 0.3) is 0 Å². The Balaban J connectivity index is 1.90. The predicted molar refractivity (Wildman–Crippen MR) is 72.5 cm³/mol. The van der Waals surface area contributed by atoms with Crippen LogP contribution in [0, 0.1) is 0 Å². The largest absolute Gasteiger partial charge is 0.384 e. The molecular weight excluding hydrogens is 216 g/mol. The number of anilines is 1. The van der Waals surface area contributed by atoms with Crippen molar-refractivity contribution in [1.29, 1.82) is 0 Å². The molecule has 0 atom stereocenters. The normalized spacial score (nSPS) is 14.6. The van der Waals surface area contributed by atoms with Crippen LogP contribution in [0.4, 0.5) is 5.69 Å². The van der Waals surface area contributed by atoms with Gasteiger partial charge in [0, 0.05) is 23.7 Å². The van der Waals surface area contributed by atoms with Crippen molar-refractivity contribution in [2.24, 2.45) is 0 Å². The van der Waals surface area contributed by atoms with Crippen LogP contribution in [0.5, 0.6) is 0 Å². The van der Waals surface area contributed by atoms with Crippen LogP contribution in [0.1, 0.15) is 18.9 Å². The van der Waals surface area contributed by atoms with E-state index in [9.17, 15) is 0 Å². The van der Waals surface area contributed by atoms with E-state index in [-0.39, 0.29) is 0 Å². The van der Waals surface area contributed by atoms with Crippen molar-refractivity contribution >= 4 is 17.4 Å². The highest BCUT2D eigenvalue weighted by atomic mass is 32.2. The standard InChI is InChI=1S/C13H20N2S/c1-2-14-7-8-15-12-5-6-13-11(10-12)4-3-9-16-13/h5-6,10,14-15H,2-4,7-9H2,1H3. The van der Waals surface area contributed by atoms with Crippen LogP contribution in [0.15, 0.2) is 23.1 Å². The van der Waals surface area contributed by atoms with Gasteiger partial charge in [-0.3, -0.25) is 0 Å². The van der Waals surface area contributed by atoms with Gasteiger partial charge in [0.1, 0.15) is 0 Å². The van der Waals surface area contributed by atoms with Gasteiger partial charge in [0.05, 0.1) is 0 Å². The molecule has 2 rings (SSSR count). The fourth-order valence-corrected chi connectivity index (χ4v) is 2.96. The van der Waals surface area contributed by atoms with Gasteiger partial charge in [-0.2, -0.15) is 0 Å². The molecule has 3 heteroatoms. The third-order valence-corrected chi connectivity index (χ3v) is 3.99. The average molecular weight is 236 g/mol. The van der Waals surface area contributed by atoms with E-state index in [0.717, 1.165) is 19.6 Å². The molecule has 2 nitrogen and oxygen atoms in total. The van der Waals surface area contributed by atoms with Crippen LogP contribution in [-0.4, -0.2) is 25.4 Å². The summed E-state index contributed by atoms with van der Waals surface area (Å²) in [5.41, 5.74) is 2.78. The summed E-state index contributed by atoms with van der Waals surface area (Å²) < 4.78 is 0. The molecule has 0 radical (unpaired) electrons. The highest BCUT2D eigenvalue weighted by molar-refractivity contribution is 7.99. The SMILES string of the molecule is CCNCCNc1ccc2c(c1)CCCS2. The van der Waals surface area contributed by atoms with E-state index in [0.29, 0.717) is 0 Å². The van der Waals surface area contributed by atoms with Crippen LogP contribution in [-0.2, 0) is 6.42 Å². The molecule has 2 N–H and O–H groups in total. The van der Waals surface area contributed by atoms with Crippen molar-refractivity contribution in [2.75, 3.05) is 30.7 Å². The molecule has 0 amide bonds. The van der Waals surface area contributed by atoms with Gasteiger partial charge in [0.15, 0.2) is 0 Å². The first kappa shape index (κ1) is 11.8. The van der Waals surface area contributed by atoms with Gasteiger partial charge in [-0.05, 0) is 48.9 Å². The number of benzene rings is 1. The van der Waals surface area contributed by atoms with Crippen LogP contribution in [0.3, 0.4) is 0 Å². The minimum atomic E-state index is 1.000. The lowest BCUT2D eigenvalue weighted by atomic mass is 10.1. The van der Waals surface area contributed by atoms with E-state index >= 15 is 0 Å². The highest BCUT2D eigenvalue weighted by Gasteiger charge is 2.09. The monoisotopic (exact) mass is 236 g/mol. The summed E-state index contributed by atoms with van der Waals surface area (Å²) in [6.45, 7) is 5.21. The summed E-state index contributed by atoms with van der Waals surface area (Å²) in [7, 11) is 0. The van der Waals surface area contributed by atoms with Gasteiger partial charge in [-0.25, -0.2) is 0 Å². The Labute approximate surface area is 102 Å². The molecule has 16 heavy (non-hydrogen) atoms. The van der Waals surface area contributed by atoms with E-state index in [1.165, 1.54) is 34.7 Å². The summed E-state index contributed by atoms with van der Waals surface area (Å²) in [4.78, 5) is 1.48. The van der Waals surface area contributed by atoms with Crippen molar-refractivity contribution in [3.63, 3.8) is 0 Å². The van der Waals surface area contributed by atoms with E-state index in [1.807, 2.05) is 11.8 Å². The molecule has 88 valence electrons. The average Bonchev–Trinajstić information content (AvgIpc) is 2.34. The summed E-state index contributed by atoms with van der Waals surface area (Å²) in [5, 5.41) is 6.77. The molecule has 1 aromatic rings. The number of rotatable bonds is 5. The zero-order valence-corrected chi connectivity index (χ0v) is 10.7. The number of thioether (sulfide) groups is 1. The van der Waals surface area contributed by atoms with Gasteiger partial charge in [0.2, 0.25) is 0 Å². The third-order valence-electron chi connectivity index (χ3n) is 2.79. The van der Waals surface area contributed by atoms with E-state index in [4.69, 9.17) is 0 Å². The van der Waals surface area contributed by atoms with Crippen molar-refractivity contribution in [1.82, 2.24) is 5.32 Å². The molecule has 0 aliphatic carbocycles. The number of hydrogen-bond acceptors (Lipinski definition) is 3. The summed E-state index contributed by atoms with van der Waals surface area (Å²) in [6, 6.07) is 6.77. The Bertz CT molecular complexity index is 339.